The number of aliphatic hydroxyl groups is 5. The van der Waals surface area contributed by atoms with Crippen LogP contribution >= 0.6 is 0 Å². The minimum Gasteiger partial charge on any atom is -0.394 e. The van der Waals surface area contributed by atoms with Crippen LogP contribution in [0.4, 0.5) is 5.69 Å². The molecule has 0 saturated carbocycles. The van der Waals surface area contributed by atoms with Gasteiger partial charge in [-0.2, -0.15) is 0 Å². The van der Waals surface area contributed by atoms with Gasteiger partial charge in [-0.15, -0.1) is 0 Å². The van der Waals surface area contributed by atoms with E-state index in [2.05, 4.69) is 0 Å². The number of benzene rings is 1. The molecule has 25 heavy (non-hydrogen) atoms. The number of carbonyl (C=O) groups excluding carboxylic acids is 2. The van der Waals surface area contributed by atoms with E-state index in [9.17, 15) is 35.0 Å². The van der Waals surface area contributed by atoms with E-state index >= 15 is 0 Å². The van der Waals surface area contributed by atoms with E-state index in [1.807, 2.05) is 0 Å². The summed E-state index contributed by atoms with van der Waals surface area (Å²) in [5.41, 5.74) is 0.192. The quantitative estimate of drug-likeness (QED) is 0.211. The van der Waals surface area contributed by atoms with E-state index in [0.717, 1.165) is 0 Å². The Bertz CT molecular complexity index is 619. The normalized spacial score (nSPS) is 15.7. The van der Waals surface area contributed by atoms with Crippen molar-refractivity contribution >= 4 is 17.5 Å². The summed E-state index contributed by atoms with van der Waals surface area (Å²) in [6.45, 7) is -0.911. The van der Waals surface area contributed by atoms with E-state index in [1.54, 1.807) is 5.32 Å². The Morgan fingerprint density at radius 1 is 1.08 bits per heavy atom. The van der Waals surface area contributed by atoms with E-state index in [-0.39, 0.29) is 12.1 Å². The number of carbonyl (C=O) groups is 2. The van der Waals surface area contributed by atoms with Gasteiger partial charge in [0.25, 0.3) is 11.6 Å². The van der Waals surface area contributed by atoms with E-state index in [1.165, 1.54) is 24.3 Å². The maximum Gasteiger partial charge on any atom is 0.269 e. The molecular formula is C14H18N2O9. The van der Waals surface area contributed by atoms with Crippen molar-refractivity contribution in [3.8, 4) is 0 Å². The topological polar surface area (TPSA) is 190 Å². The maximum absolute atomic E-state index is 11.7. The number of nitrogens with one attached hydrogen (secondary N) is 1. The third-order valence-electron chi connectivity index (χ3n) is 3.30. The van der Waals surface area contributed by atoms with Crippen LogP contribution in [0.15, 0.2) is 24.3 Å². The predicted octanol–water partition coefficient (Wildman–Crippen LogP) is -2.78. The summed E-state index contributed by atoms with van der Waals surface area (Å²) in [6, 6.07) is 4.98. The first kappa shape index (κ1) is 20.6. The second-order valence-corrected chi connectivity index (χ2v) is 5.19. The Morgan fingerprint density at radius 3 is 2.12 bits per heavy atom. The number of amides is 2. The molecule has 6 N–H and O–H groups in total. The Balaban J connectivity index is 2.60. The number of nitrogens with zero attached hydrogens (tertiary/aromatic N) is 1. The van der Waals surface area contributed by atoms with Crippen LogP contribution in [-0.4, -0.2) is 73.3 Å². The smallest absolute Gasteiger partial charge is 0.269 e. The van der Waals surface area contributed by atoms with Crippen molar-refractivity contribution in [2.24, 2.45) is 0 Å². The Kier molecular flexibility index (Phi) is 7.54. The first-order chi connectivity index (χ1) is 11.7. The molecule has 0 spiro atoms. The standard InChI is InChI=1S/C14H18N2O9/c17-6-9(18)11(20)12(21)13(22)14(23)15-10(19)5-7-1-3-8(4-2-7)16(24)25/h1-4,9,11-13,17-18,20-22H,5-6H2,(H,15,19,23)/t9-,11-,12+,13-/m1/s1. The molecule has 1 rings (SSSR count). The first-order valence-corrected chi connectivity index (χ1v) is 7.07. The lowest BCUT2D eigenvalue weighted by atomic mass is 10.0. The molecule has 1 aromatic rings. The van der Waals surface area contributed by atoms with Crippen LogP contribution in [0.25, 0.3) is 0 Å². The van der Waals surface area contributed by atoms with Gasteiger partial charge in [0.1, 0.15) is 18.3 Å². The van der Waals surface area contributed by atoms with Crippen molar-refractivity contribution in [3.63, 3.8) is 0 Å². The zero-order valence-corrected chi connectivity index (χ0v) is 12.8. The summed E-state index contributed by atoms with van der Waals surface area (Å²) in [6.07, 6.45) is -8.47. The van der Waals surface area contributed by atoms with Gasteiger partial charge in [0.2, 0.25) is 5.91 Å². The molecule has 1 aromatic carbocycles. The van der Waals surface area contributed by atoms with Crippen molar-refractivity contribution in [1.29, 1.82) is 0 Å². The fraction of sp³-hybridized carbons (Fsp3) is 0.429. The van der Waals surface area contributed by atoms with E-state index in [0.29, 0.717) is 5.56 Å². The van der Waals surface area contributed by atoms with Gasteiger partial charge in [0, 0.05) is 12.1 Å². The lowest BCUT2D eigenvalue weighted by molar-refractivity contribution is -0.384. The number of aliphatic hydroxyl groups excluding tert-OH is 5. The summed E-state index contributed by atoms with van der Waals surface area (Å²) >= 11 is 0. The molecule has 0 aliphatic rings. The molecule has 0 heterocycles. The lowest BCUT2D eigenvalue weighted by Gasteiger charge is -2.24. The molecule has 0 unspecified atom stereocenters. The molecule has 0 bridgehead atoms. The third-order valence-corrected chi connectivity index (χ3v) is 3.30. The fourth-order valence-corrected chi connectivity index (χ4v) is 1.85. The van der Waals surface area contributed by atoms with Gasteiger partial charge < -0.3 is 25.5 Å². The fourth-order valence-electron chi connectivity index (χ4n) is 1.85. The highest BCUT2D eigenvalue weighted by atomic mass is 16.6. The highest BCUT2D eigenvalue weighted by molar-refractivity contribution is 5.98. The summed E-state index contributed by atoms with van der Waals surface area (Å²) in [4.78, 5) is 33.3. The Morgan fingerprint density at radius 2 is 1.64 bits per heavy atom. The molecule has 0 saturated heterocycles. The number of nitro groups is 1. The van der Waals surface area contributed by atoms with Crippen molar-refractivity contribution in [1.82, 2.24) is 5.32 Å². The Labute approximate surface area is 141 Å². The number of hydrogen-bond acceptors (Lipinski definition) is 9. The average molecular weight is 358 g/mol. The third kappa shape index (κ3) is 5.85. The summed E-state index contributed by atoms with van der Waals surface area (Å²) in [7, 11) is 0. The van der Waals surface area contributed by atoms with Crippen LogP contribution in [0, 0.1) is 10.1 Å². The molecule has 0 aromatic heterocycles. The van der Waals surface area contributed by atoms with Crippen molar-refractivity contribution in [3.05, 3.63) is 39.9 Å². The molecule has 0 radical (unpaired) electrons. The van der Waals surface area contributed by atoms with E-state index < -0.39 is 47.8 Å². The zero-order valence-electron chi connectivity index (χ0n) is 12.8. The second-order valence-electron chi connectivity index (χ2n) is 5.19. The SMILES string of the molecule is O=C(Cc1ccc([N+](=O)[O-])cc1)NC(=O)[C@H](O)[C@@H](O)[C@H](O)[C@H](O)CO. The molecule has 4 atom stereocenters. The maximum atomic E-state index is 11.7. The zero-order chi connectivity index (χ0) is 19.1. The van der Waals surface area contributed by atoms with Crippen LogP contribution in [0.1, 0.15) is 5.56 Å². The van der Waals surface area contributed by atoms with E-state index in [4.69, 9.17) is 10.2 Å². The van der Waals surface area contributed by atoms with Crippen molar-refractivity contribution in [2.75, 3.05) is 6.61 Å². The Hall–Kier alpha value is -2.44. The van der Waals surface area contributed by atoms with Crippen LogP contribution in [0.5, 0.6) is 0 Å². The predicted molar refractivity (Wildman–Crippen MR) is 81.1 cm³/mol. The molecule has 2 amide bonds. The molecular weight excluding hydrogens is 340 g/mol. The highest BCUT2D eigenvalue weighted by Gasteiger charge is 2.34. The summed E-state index contributed by atoms with van der Waals surface area (Å²) in [5, 5.41) is 58.6. The molecule has 0 aliphatic heterocycles. The number of rotatable bonds is 8. The van der Waals surface area contributed by atoms with Crippen LogP contribution in [-0.2, 0) is 16.0 Å². The van der Waals surface area contributed by atoms with Gasteiger partial charge in [-0.25, -0.2) is 0 Å². The highest BCUT2D eigenvalue weighted by Crippen LogP contribution is 2.12. The number of non-ortho nitro benzene ring substituents is 1. The molecule has 11 nitrogen and oxygen atoms in total. The summed E-state index contributed by atoms with van der Waals surface area (Å²) < 4.78 is 0. The molecule has 11 heteroatoms. The largest absolute Gasteiger partial charge is 0.394 e. The van der Waals surface area contributed by atoms with Gasteiger partial charge in [0.15, 0.2) is 6.10 Å². The second kappa shape index (κ2) is 9.15. The van der Waals surface area contributed by atoms with Crippen molar-refractivity contribution in [2.45, 2.75) is 30.8 Å². The van der Waals surface area contributed by atoms with Gasteiger partial charge >= 0.3 is 0 Å². The summed E-state index contributed by atoms with van der Waals surface area (Å²) in [5.74, 6) is -2.18. The lowest BCUT2D eigenvalue weighted by Crippen LogP contribution is -2.52. The number of hydrogen-bond donors (Lipinski definition) is 6. The van der Waals surface area contributed by atoms with Crippen molar-refractivity contribution < 1.29 is 40.0 Å². The minimum atomic E-state index is -2.22. The van der Waals surface area contributed by atoms with Crippen LogP contribution < -0.4 is 5.32 Å². The number of nitro benzene ring substituents is 1. The van der Waals surface area contributed by atoms with Gasteiger partial charge in [-0.3, -0.25) is 25.0 Å². The first-order valence-electron chi connectivity index (χ1n) is 7.07. The van der Waals surface area contributed by atoms with Gasteiger partial charge in [0.05, 0.1) is 18.0 Å². The average Bonchev–Trinajstić information content (AvgIpc) is 2.59. The molecule has 0 aliphatic carbocycles. The van der Waals surface area contributed by atoms with Gasteiger partial charge in [-0.1, -0.05) is 12.1 Å². The minimum absolute atomic E-state index is 0.171. The van der Waals surface area contributed by atoms with Crippen LogP contribution in [0.3, 0.4) is 0 Å². The number of imide groups is 1. The monoisotopic (exact) mass is 358 g/mol. The van der Waals surface area contributed by atoms with Gasteiger partial charge in [-0.05, 0) is 5.56 Å². The van der Waals surface area contributed by atoms with Crippen LogP contribution in [0.2, 0.25) is 0 Å². The molecule has 0 fully saturated rings. The molecule has 138 valence electrons.